The van der Waals surface area contributed by atoms with Crippen LogP contribution in [0, 0.1) is 16.0 Å². The predicted octanol–water partition coefficient (Wildman–Crippen LogP) is 4.08. The number of nitro benzene ring substituents is 1. The molecule has 3 aromatic rings. The van der Waals surface area contributed by atoms with Crippen LogP contribution in [0.25, 0.3) is 0 Å². The van der Waals surface area contributed by atoms with Crippen LogP contribution in [0.2, 0.25) is 0 Å². The lowest BCUT2D eigenvalue weighted by atomic mass is 9.95. The predicted molar refractivity (Wildman–Crippen MR) is 121 cm³/mol. The molecule has 2 aromatic carbocycles. The van der Waals surface area contributed by atoms with Crippen LogP contribution in [-0.2, 0) is 4.79 Å². The summed E-state index contributed by atoms with van der Waals surface area (Å²) in [4.78, 5) is 42.5. The highest BCUT2D eigenvalue weighted by Gasteiger charge is 2.29. The van der Waals surface area contributed by atoms with Crippen LogP contribution in [0.5, 0.6) is 0 Å². The first-order valence-corrected chi connectivity index (χ1v) is 10.4. The fourth-order valence-electron chi connectivity index (χ4n) is 3.88. The Bertz CT molecular complexity index is 1130. The molecule has 162 valence electrons. The molecular formula is C24H22N4O4. The Morgan fingerprint density at radius 2 is 1.69 bits per heavy atom. The fraction of sp³-hybridized carbons (Fsp3) is 0.208. The lowest BCUT2D eigenvalue weighted by molar-refractivity contribution is -0.384. The van der Waals surface area contributed by atoms with Gasteiger partial charge in [-0.05, 0) is 37.1 Å². The van der Waals surface area contributed by atoms with Crippen LogP contribution in [0.1, 0.15) is 28.8 Å². The number of benzene rings is 2. The van der Waals surface area contributed by atoms with Crippen LogP contribution in [-0.4, -0.2) is 34.7 Å². The first-order valence-electron chi connectivity index (χ1n) is 10.4. The average Bonchev–Trinajstić information content (AvgIpc) is 2.84. The molecule has 1 fully saturated rings. The number of nitrogens with zero attached hydrogens (tertiary/aromatic N) is 3. The molecular weight excluding hydrogens is 408 g/mol. The topological polar surface area (TPSA) is 105 Å². The van der Waals surface area contributed by atoms with Crippen LogP contribution < -0.4 is 10.2 Å². The van der Waals surface area contributed by atoms with E-state index in [1.165, 1.54) is 6.07 Å². The SMILES string of the molecule is O=C(c1ccccc1)c1ccc(N2CCC(C(=O)Nc3ccccn3)CC2)c([N+](=O)[O-])c1. The Morgan fingerprint density at radius 1 is 0.969 bits per heavy atom. The molecule has 1 aliphatic heterocycles. The summed E-state index contributed by atoms with van der Waals surface area (Å²) in [5.74, 6) is -0.0349. The number of ketones is 1. The third-order valence-electron chi connectivity index (χ3n) is 5.59. The maximum Gasteiger partial charge on any atom is 0.293 e. The number of rotatable bonds is 6. The van der Waals surface area contributed by atoms with Gasteiger partial charge in [0.15, 0.2) is 5.78 Å². The summed E-state index contributed by atoms with van der Waals surface area (Å²) in [6.07, 6.45) is 2.75. The van der Waals surface area contributed by atoms with E-state index in [-0.39, 0.29) is 28.9 Å². The van der Waals surface area contributed by atoms with Gasteiger partial charge in [-0.1, -0.05) is 36.4 Å². The monoisotopic (exact) mass is 430 g/mol. The summed E-state index contributed by atoms with van der Waals surface area (Å²) in [6, 6.07) is 18.6. The quantitative estimate of drug-likeness (QED) is 0.359. The Labute approximate surface area is 185 Å². The number of anilines is 2. The standard InChI is InChI=1S/C24H22N4O4/c29-23(17-6-2-1-3-7-17)19-9-10-20(21(16-19)28(31)32)27-14-11-18(12-15-27)24(30)26-22-8-4-5-13-25-22/h1-10,13,16,18H,11-12,14-15H2,(H,25,26,30). The smallest absolute Gasteiger partial charge is 0.293 e. The van der Waals surface area contributed by atoms with Gasteiger partial charge >= 0.3 is 0 Å². The van der Waals surface area contributed by atoms with Crippen molar-refractivity contribution in [2.45, 2.75) is 12.8 Å². The summed E-state index contributed by atoms with van der Waals surface area (Å²) in [5.41, 5.74) is 1.11. The van der Waals surface area contributed by atoms with Gasteiger partial charge in [0.25, 0.3) is 5.69 Å². The number of carbonyl (C=O) groups excluding carboxylic acids is 2. The molecule has 1 saturated heterocycles. The van der Waals surface area contributed by atoms with E-state index < -0.39 is 4.92 Å². The molecule has 0 atom stereocenters. The normalized spacial score (nSPS) is 14.1. The molecule has 2 heterocycles. The molecule has 0 unspecified atom stereocenters. The summed E-state index contributed by atoms with van der Waals surface area (Å²) < 4.78 is 0. The van der Waals surface area contributed by atoms with E-state index in [0.717, 1.165) is 0 Å². The molecule has 1 amide bonds. The minimum atomic E-state index is -0.461. The van der Waals surface area contributed by atoms with Crippen molar-refractivity contribution in [2.24, 2.45) is 5.92 Å². The minimum Gasteiger partial charge on any atom is -0.366 e. The summed E-state index contributed by atoms with van der Waals surface area (Å²) in [6.45, 7) is 1.01. The lowest BCUT2D eigenvalue weighted by Crippen LogP contribution is -2.38. The molecule has 0 saturated carbocycles. The molecule has 0 radical (unpaired) electrons. The van der Waals surface area contributed by atoms with Crippen molar-refractivity contribution in [3.05, 3.63) is 94.2 Å². The third kappa shape index (κ3) is 4.64. The molecule has 8 nitrogen and oxygen atoms in total. The van der Waals surface area contributed by atoms with Crippen LogP contribution in [0.15, 0.2) is 72.9 Å². The molecule has 0 bridgehead atoms. The van der Waals surface area contributed by atoms with Gasteiger partial charge in [-0.25, -0.2) is 4.98 Å². The van der Waals surface area contributed by atoms with Gasteiger partial charge in [0, 0.05) is 42.4 Å². The van der Waals surface area contributed by atoms with E-state index in [4.69, 9.17) is 0 Å². The van der Waals surface area contributed by atoms with Crippen molar-refractivity contribution in [1.82, 2.24) is 4.98 Å². The highest BCUT2D eigenvalue weighted by atomic mass is 16.6. The van der Waals surface area contributed by atoms with E-state index in [0.29, 0.717) is 43.0 Å². The zero-order chi connectivity index (χ0) is 22.5. The molecule has 1 aliphatic rings. The second-order valence-electron chi connectivity index (χ2n) is 7.62. The summed E-state index contributed by atoms with van der Waals surface area (Å²) >= 11 is 0. The maximum absolute atomic E-state index is 12.7. The van der Waals surface area contributed by atoms with Crippen LogP contribution in [0.4, 0.5) is 17.2 Å². The largest absolute Gasteiger partial charge is 0.366 e. The van der Waals surface area contributed by atoms with Gasteiger partial charge in [0.1, 0.15) is 11.5 Å². The van der Waals surface area contributed by atoms with Crippen molar-refractivity contribution in [3.8, 4) is 0 Å². The van der Waals surface area contributed by atoms with Gasteiger partial charge in [-0.2, -0.15) is 0 Å². The number of carbonyl (C=O) groups is 2. The second-order valence-corrected chi connectivity index (χ2v) is 7.62. The van der Waals surface area contributed by atoms with Crippen LogP contribution in [0.3, 0.4) is 0 Å². The van der Waals surface area contributed by atoms with Gasteiger partial charge in [-0.15, -0.1) is 0 Å². The Kier molecular flexibility index (Phi) is 6.21. The van der Waals surface area contributed by atoms with E-state index in [9.17, 15) is 19.7 Å². The van der Waals surface area contributed by atoms with E-state index in [2.05, 4.69) is 10.3 Å². The third-order valence-corrected chi connectivity index (χ3v) is 5.59. The number of piperidine rings is 1. The molecule has 8 heteroatoms. The highest BCUT2D eigenvalue weighted by molar-refractivity contribution is 6.09. The van der Waals surface area contributed by atoms with Crippen LogP contribution >= 0.6 is 0 Å². The van der Waals surface area contributed by atoms with Crippen molar-refractivity contribution >= 4 is 28.9 Å². The minimum absolute atomic E-state index is 0.0957. The zero-order valence-electron chi connectivity index (χ0n) is 17.3. The van der Waals surface area contributed by atoms with E-state index in [1.807, 2.05) is 11.0 Å². The van der Waals surface area contributed by atoms with E-state index in [1.54, 1.807) is 60.8 Å². The number of amides is 1. The van der Waals surface area contributed by atoms with Crippen molar-refractivity contribution in [2.75, 3.05) is 23.3 Å². The Balaban J connectivity index is 1.46. The molecule has 0 spiro atoms. The van der Waals surface area contributed by atoms with Crippen molar-refractivity contribution in [3.63, 3.8) is 0 Å². The number of hydrogen-bond donors (Lipinski definition) is 1. The second kappa shape index (κ2) is 9.38. The lowest BCUT2D eigenvalue weighted by Gasteiger charge is -2.32. The maximum atomic E-state index is 12.7. The average molecular weight is 430 g/mol. The summed E-state index contributed by atoms with van der Waals surface area (Å²) in [7, 11) is 0. The molecule has 1 aromatic heterocycles. The van der Waals surface area contributed by atoms with Gasteiger partial charge in [-0.3, -0.25) is 19.7 Å². The molecule has 4 rings (SSSR count). The van der Waals surface area contributed by atoms with Crippen molar-refractivity contribution < 1.29 is 14.5 Å². The Morgan fingerprint density at radius 3 is 2.34 bits per heavy atom. The fourth-order valence-corrected chi connectivity index (χ4v) is 3.88. The first-order chi connectivity index (χ1) is 15.5. The molecule has 32 heavy (non-hydrogen) atoms. The van der Waals surface area contributed by atoms with Gasteiger partial charge in [0.05, 0.1) is 4.92 Å². The number of nitrogens with one attached hydrogen (secondary N) is 1. The first kappa shape index (κ1) is 21.2. The van der Waals surface area contributed by atoms with Gasteiger partial charge in [0.2, 0.25) is 5.91 Å². The summed E-state index contributed by atoms with van der Waals surface area (Å²) in [5, 5.41) is 14.6. The van der Waals surface area contributed by atoms with E-state index >= 15 is 0 Å². The number of pyridine rings is 1. The number of hydrogen-bond acceptors (Lipinski definition) is 6. The number of nitro groups is 1. The molecule has 1 N–H and O–H groups in total. The zero-order valence-corrected chi connectivity index (χ0v) is 17.3. The van der Waals surface area contributed by atoms with Gasteiger partial charge < -0.3 is 10.2 Å². The molecule has 0 aliphatic carbocycles. The number of aromatic nitrogens is 1. The van der Waals surface area contributed by atoms with Crippen molar-refractivity contribution in [1.29, 1.82) is 0 Å². The highest BCUT2D eigenvalue weighted by Crippen LogP contribution is 2.33. The Hall–Kier alpha value is -4.07.